The zero-order valence-corrected chi connectivity index (χ0v) is 27.4. The predicted octanol–water partition coefficient (Wildman–Crippen LogP) is 7.93. The molecule has 0 aromatic heterocycles. The van der Waals surface area contributed by atoms with Gasteiger partial charge in [-0.25, -0.2) is 9.69 Å². The molecular weight excluding hydrogens is 719 g/mol. The van der Waals surface area contributed by atoms with E-state index >= 15 is 0 Å². The molecule has 1 fully saturated rings. The summed E-state index contributed by atoms with van der Waals surface area (Å²) in [5.74, 6) is -0.0704. The summed E-state index contributed by atoms with van der Waals surface area (Å²) in [6.45, 7) is 0.564. The molecule has 1 heterocycles. The molecule has 5 aromatic carbocycles. The average molecular weight is 745 g/mol. The highest BCUT2D eigenvalue weighted by Crippen LogP contribution is 2.36. The molecule has 4 amide bonds. The molecule has 230 valence electrons. The van der Waals surface area contributed by atoms with Gasteiger partial charge in [-0.05, 0) is 93.0 Å². The van der Waals surface area contributed by atoms with E-state index in [-0.39, 0.29) is 17.9 Å². The minimum Gasteiger partial charge on any atom is -0.493 e. The van der Waals surface area contributed by atoms with E-state index in [9.17, 15) is 14.4 Å². The second-order valence-electron chi connectivity index (χ2n) is 10.3. The van der Waals surface area contributed by atoms with Crippen LogP contribution in [0.25, 0.3) is 16.8 Å². The molecule has 6 rings (SSSR count). The summed E-state index contributed by atoms with van der Waals surface area (Å²) >= 11 is 8.33. The lowest BCUT2D eigenvalue weighted by Crippen LogP contribution is -2.54. The maximum Gasteiger partial charge on any atom is 0.335 e. The summed E-state index contributed by atoms with van der Waals surface area (Å²) in [5, 5.41) is 5.07. The Morgan fingerprint density at radius 2 is 1.52 bits per heavy atom. The monoisotopic (exact) mass is 744 g/mol. The summed E-state index contributed by atoms with van der Waals surface area (Å²) in [7, 11) is 1.52. The van der Waals surface area contributed by atoms with Crippen molar-refractivity contribution >= 4 is 74.6 Å². The van der Waals surface area contributed by atoms with Crippen LogP contribution in [0.4, 0.5) is 10.5 Å². The minimum absolute atomic E-state index is 0.207. The minimum atomic E-state index is -0.846. The number of ether oxygens (including phenoxy) is 3. The van der Waals surface area contributed by atoms with Crippen LogP contribution < -0.4 is 24.4 Å². The molecule has 0 saturated carbocycles. The summed E-state index contributed by atoms with van der Waals surface area (Å²) in [6, 6.07) is 30.5. The van der Waals surface area contributed by atoms with Gasteiger partial charge in [-0.15, -0.1) is 0 Å². The molecule has 0 radical (unpaired) electrons. The van der Waals surface area contributed by atoms with Crippen molar-refractivity contribution in [3.05, 3.63) is 134 Å². The summed E-state index contributed by atoms with van der Waals surface area (Å²) < 4.78 is 18.4. The molecule has 8 nitrogen and oxygen atoms in total. The summed E-state index contributed by atoms with van der Waals surface area (Å²) in [4.78, 5) is 40.1. The van der Waals surface area contributed by atoms with Gasteiger partial charge in [0.1, 0.15) is 24.5 Å². The van der Waals surface area contributed by atoms with Crippen molar-refractivity contribution in [2.75, 3.05) is 12.0 Å². The van der Waals surface area contributed by atoms with E-state index in [4.69, 9.17) is 25.8 Å². The molecule has 1 N–H and O–H groups in total. The van der Waals surface area contributed by atoms with Crippen molar-refractivity contribution in [2.45, 2.75) is 13.2 Å². The number of barbiturate groups is 1. The number of urea groups is 1. The number of benzene rings is 5. The Kier molecular flexibility index (Phi) is 9.23. The fourth-order valence-corrected chi connectivity index (χ4v) is 6.03. The van der Waals surface area contributed by atoms with Gasteiger partial charge in [0.2, 0.25) is 0 Å². The summed E-state index contributed by atoms with van der Waals surface area (Å²) in [6.07, 6.45) is 1.43. The van der Waals surface area contributed by atoms with Crippen molar-refractivity contribution in [1.29, 1.82) is 0 Å². The molecule has 0 bridgehead atoms. The highest BCUT2D eigenvalue weighted by Gasteiger charge is 2.37. The van der Waals surface area contributed by atoms with Gasteiger partial charge >= 0.3 is 6.03 Å². The Balaban J connectivity index is 1.21. The first kappa shape index (κ1) is 31.1. The molecule has 1 aliphatic heterocycles. The van der Waals surface area contributed by atoms with Crippen molar-refractivity contribution in [2.24, 2.45) is 0 Å². The zero-order chi connectivity index (χ0) is 32.2. The third-order valence-corrected chi connectivity index (χ3v) is 8.53. The van der Waals surface area contributed by atoms with E-state index in [2.05, 4.69) is 46.1 Å². The molecule has 1 saturated heterocycles. The van der Waals surface area contributed by atoms with Gasteiger partial charge in [0, 0.05) is 10.6 Å². The number of rotatable bonds is 9. The lowest BCUT2D eigenvalue weighted by atomic mass is 10.1. The highest BCUT2D eigenvalue weighted by molar-refractivity contribution is 14.1. The Morgan fingerprint density at radius 3 is 2.30 bits per heavy atom. The zero-order valence-electron chi connectivity index (χ0n) is 24.5. The Labute approximate surface area is 283 Å². The molecular formula is C36H26ClIN2O6. The van der Waals surface area contributed by atoms with E-state index in [0.717, 1.165) is 26.8 Å². The average Bonchev–Trinajstić information content (AvgIpc) is 3.06. The van der Waals surface area contributed by atoms with Crippen LogP contribution in [0.15, 0.2) is 109 Å². The Hall–Kier alpha value is -4.87. The number of carbonyl (C=O) groups is 3. The van der Waals surface area contributed by atoms with Crippen molar-refractivity contribution in [1.82, 2.24) is 5.32 Å². The molecule has 5 aromatic rings. The van der Waals surface area contributed by atoms with Crippen LogP contribution in [0.3, 0.4) is 0 Å². The van der Waals surface area contributed by atoms with Gasteiger partial charge in [0.15, 0.2) is 11.5 Å². The molecule has 0 unspecified atom stereocenters. The number of halogens is 2. The number of anilines is 1. The number of methoxy groups -OCH3 is 1. The van der Waals surface area contributed by atoms with E-state index in [0.29, 0.717) is 38.0 Å². The van der Waals surface area contributed by atoms with Gasteiger partial charge in [0.05, 0.1) is 16.4 Å². The van der Waals surface area contributed by atoms with Crippen LogP contribution in [0.1, 0.15) is 16.7 Å². The van der Waals surface area contributed by atoms with Crippen LogP contribution in [0, 0.1) is 3.57 Å². The number of hydrogen-bond acceptors (Lipinski definition) is 6. The van der Waals surface area contributed by atoms with Crippen LogP contribution >= 0.6 is 34.2 Å². The third-order valence-electron chi connectivity index (χ3n) is 7.36. The van der Waals surface area contributed by atoms with Crippen LogP contribution in [-0.4, -0.2) is 25.0 Å². The Bertz CT molecular complexity index is 2010. The maximum absolute atomic E-state index is 13.5. The first-order valence-corrected chi connectivity index (χ1v) is 15.6. The SMILES string of the molecule is COc1cc(/C=C2\C(=O)NC(=O)N(c3ccc(OCc4ccccc4Cl)cc3)C2=O)cc(I)c1OCc1cccc2ccccc12. The quantitative estimate of drug-likeness (QED) is 0.0937. The van der Waals surface area contributed by atoms with Crippen molar-refractivity contribution in [3.8, 4) is 17.2 Å². The number of amides is 4. The molecule has 1 aliphatic rings. The fourth-order valence-electron chi connectivity index (χ4n) is 5.06. The first-order chi connectivity index (χ1) is 22.3. The van der Waals surface area contributed by atoms with E-state index < -0.39 is 17.8 Å². The van der Waals surface area contributed by atoms with Crippen molar-refractivity contribution < 1.29 is 28.6 Å². The molecule has 0 aliphatic carbocycles. The van der Waals surface area contributed by atoms with Crippen molar-refractivity contribution in [3.63, 3.8) is 0 Å². The predicted molar refractivity (Wildman–Crippen MR) is 185 cm³/mol. The van der Waals surface area contributed by atoms with Gasteiger partial charge in [-0.3, -0.25) is 14.9 Å². The molecule has 46 heavy (non-hydrogen) atoms. The standard InChI is InChI=1S/C36H26ClIN2O6/c1-44-32-19-22(18-31(38)33(32)46-20-24-10-6-9-23-7-2-4-11-28(23)24)17-29-34(41)39-36(43)40(35(29)42)26-13-15-27(16-14-26)45-21-25-8-3-5-12-30(25)37/h2-19H,20-21H2,1H3,(H,39,41,43)/b29-17+. The lowest BCUT2D eigenvalue weighted by molar-refractivity contribution is -0.122. The fraction of sp³-hybridized carbons (Fsp3) is 0.0833. The number of carbonyl (C=O) groups excluding carboxylic acids is 3. The van der Waals surface area contributed by atoms with Gasteiger partial charge in [-0.1, -0.05) is 72.3 Å². The van der Waals surface area contributed by atoms with Gasteiger partial charge < -0.3 is 14.2 Å². The van der Waals surface area contributed by atoms with E-state index in [1.165, 1.54) is 13.2 Å². The Morgan fingerprint density at radius 1 is 0.826 bits per heavy atom. The number of imide groups is 2. The first-order valence-electron chi connectivity index (χ1n) is 14.2. The van der Waals surface area contributed by atoms with Crippen LogP contribution in [-0.2, 0) is 22.8 Å². The molecule has 0 spiro atoms. The summed E-state index contributed by atoms with van der Waals surface area (Å²) in [5.41, 5.74) is 2.44. The van der Waals surface area contributed by atoms with Crippen LogP contribution in [0.5, 0.6) is 17.2 Å². The largest absolute Gasteiger partial charge is 0.493 e. The number of hydrogen-bond donors (Lipinski definition) is 1. The molecule has 10 heteroatoms. The number of nitrogens with one attached hydrogen (secondary N) is 1. The topological polar surface area (TPSA) is 94.2 Å². The third kappa shape index (κ3) is 6.56. The lowest BCUT2D eigenvalue weighted by Gasteiger charge is -2.26. The molecule has 0 atom stereocenters. The number of nitrogens with zero attached hydrogens (tertiary/aromatic N) is 1. The van der Waals surface area contributed by atoms with E-state index in [1.54, 1.807) is 42.5 Å². The second kappa shape index (κ2) is 13.6. The van der Waals surface area contributed by atoms with Gasteiger partial charge in [-0.2, -0.15) is 0 Å². The van der Waals surface area contributed by atoms with Gasteiger partial charge in [0.25, 0.3) is 11.8 Å². The number of fused-ring (bicyclic) bond motifs is 1. The van der Waals surface area contributed by atoms with E-state index in [1.807, 2.05) is 42.5 Å². The van der Waals surface area contributed by atoms with Crippen LogP contribution in [0.2, 0.25) is 5.02 Å². The highest BCUT2D eigenvalue weighted by atomic mass is 127. The normalized spacial score (nSPS) is 14.0. The smallest absolute Gasteiger partial charge is 0.335 e. The second-order valence-corrected chi connectivity index (χ2v) is 11.9. The maximum atomic E-state index is 13.5.